The van der Waals surface area contributed by atoms with Gasteiger partial charge in [-0.1, -0.05) is 46.9 Å². The van der Waals surface area contributed by atoms with Crippen molar-refractivity contribution in [2.45, 2.75) is 6.42 Å². The van der Waals surface area contributed by atoms with E-state index in [-0.39, 0.29) is 12.2 Å². The minimum Gasteiger partial charge on any atom is -0.294 e. The van der Waals surface area contributed by atoms with Gasteiger partial charge in [0.1, 0.15) is 0 Å². The number of carbonyl (C=O) groups excluding carboxylic acids is 1. The molecule has 0 spiro atoms. The maximum Gasteiger partial charge on any atom is 0.168 e. The Labute approximate surface area is 120 Å². The molecule has 2 rings (SSSR count). The number of rotatable bonds is 3. The largest absolute Gasteiger partial charge is 0.294 e. The maximum atomic E-state index is 12.1. The fourth-order valence-corrected chi connectivity index (χ4v) is 2.25. The molecule has 0 unspecified atom stereocenters. The van der Waals surface area contributed by atoms with Gasteiger partial charge < -0.3 is 0 Å². The van der Waals surface area contributed by atoms with Crippen LogP contribution in [0.5, 0.6) is 0 Å². The molecule has 0 bridgehead atoms. The summed E-state index contributed by atoms with van der Waals surface area (Å²) in [5.74, 6) is -0.0789. The van der Waals surface area contributed by atoms with Gasteiger partial charge in [0, 0.05) is 22.0 Å². The zero-order valence-electron chi connectivity index (χ0n) is 9.29. The summed E-state index contributed by atoms with van der Waals surface area (Å²) in [5, 5.41) is 1.51. The van der Waals surface area contributed by atoms with Crippen molar-refractivity contribution < 1.29 is 4.79 Å². The molecular formula is C14H9Cl3O. The third-order valence-corrected chi connectivity index (χ3v) is 3.28. The summed E-state index contributed by atoms with van der Waals surface area (Å²) in [5.41, 5.74) is 1.28. The third-order valence-electron chi connectivity index (χ3n) is 2.48. The van der Waals surface area contributed by atoms with Crippen LogP contribution in [0.3, 0.4) is 0 Å². The molecule has 0 fully saturated rings. The first-order valence-electron chi connectivity index (χ1n) is 5.29. The number of carbonyl (C=O) groups is 1. The average Bonchev–Trinajstić information content (AvgIpc) is 2.32. The first-order chi connectivity index (χ1) is 8.56. The van der Waals surface area contributed by atoms with Crippen LogP contribution in [0.4, 0.5) is 0 Å². The number of hydrogen-bond acceptors (Lipinski definition) is 1. The van der Waals surface area contributed by atoms with E-state index in [1.807, 2.05) is 12.1 Å². The highest BCUT2D eigenvalue weighted by Gasteiger charge is 2.12. The van der Waals surface area contributed by atoms with Crippen molar-refractivity contribution in [1.82, 2.24) is 0 Å². The molecule has 0 saturated carbocycles. The first kappa shape index (κ1) is 13.4. The van der Waals surface area contributed by atoms with Crippen molar-refractivity contribution in [2.75, 3.05) is 0 Å². The predicted octanol–water partition coefficient (Wildman–Crippen LogP) is 5.07. The average molecular weight is 300 g/mol. The molecule has 0 aliphatic rings. The molecule has 0 amide bonds. The van der Waals surface area contributed by atoms with E-state index >= 15 is 0 Å². The number of hydrogen-bond donors (Lipinski definition) is 0. The van der Waals surface area contributed by atoms with Crippen LogP contribution in [-0.2, 0) is 6.42 Å². The summed E-state index contributed by atoms with van der Waals surface area (Å²) in [7, 11) is 0. The second-order valence-electron chi connectivity index (χ2n) is 3.85. The summed E-state index contributed by atoms with van der Waals surface area (Å²) in [4.78, 5) is 12.1. The van der Waals surface area contributed by atoms with Crippen LogP contribution >= 0.6 is 34.8 Å². The summed E-state index contributed by atoms with van der Waals surface area (Å²) < 4.78 is 0. The second-order valence-corrected chi connectivity index (χ2v) is 5.13. The van der Waals surface area contributed by atoms with E-state index in [4.69, 9.17) is 34.8 Å². The fourth-order valence-electron chi connectivity index (χ4n) is 1.64. The van der Waals surface area contributed by atoms with Gasteiger partial charge in [-0.05, 0) is 35.9 Å². The lowest BCUT2D eigenvalue weighted by molar-refractivity contribution is 0.0993. The summed E-state index contributed by atoms with van der Waals surface area (Å²) >= 11 is 17.7. The molecule has 18 heavy (non-hydrogen) atoms. The molecule has 1 nitrogen and oxygen atoms in total. The molecule has 0 saturated heterocycles. The Morgan fingerprint density at radius 2 is 1.67 bits per heavy atom. The van der Waals surface area contributed by atoms with E-state index in [1.165, 1.54) is 0 Å². The van der Waals surface area contributed by atoms with Crippen molar-refractivity contribution in [3.63, 3.8) is 0 Å². The smallest absolute Gasteiger partial charge is 0.168 e. The number of Topliss-reactive ketones (excluding diaryl/α,β-unsaturated/α-hetero) is 1. The SMILES string of the molecule is O=C(Cc1cccc(Cl)c1)c1cc(Cl)ccc1Cl. The lowest BCUT2D eigenvalue weighted by atomic mass is 10.0. The minimum absolute atomic E-state index is 0.0789. The highest BCUT2D eigenvalue weighted by molar-refractivity contribution is 6.36. The maximum absolute atomic E-state index is 12.1. The van der Waals surface area contributed by atoms with Gasteiger partial charge >= 0.3 is 0 Å². The van der Waals surface area contributed by atoms with Gasteiger partial charge in [0.05, 0.1) is 5.02 Å². The third kappa shape index (κ3) is 3.26. The van der Waals surface area contributed by atoms with Crippen LogP contribution in [0.1, 0.15) is 15.9 Å². The first-order valence-corrected chi connectivity index (χ1v) is 6.42. The van der Waals surface area contributed by atoms with Gasteiger partial charge in [-0.15, -0.1) is 0 Å². The normalized spacial score (nSPS) is 10.4. The Bertz CT molecular complexity index is 593. The van der Waals surface area contributed by atoms with E-state index in [0.717, 1.165) is 5.56 Å². The van der Waals surface area contributed by atoms with Crippen LogP contribution in [0, 0.1) is 0 Å². The van der Waals surface area contributed by atoms with Crippen LogP contribution in [-0.4, -0.2) is 5.78 Å². The number of halogens is 3. The van der Waals surface area contributed by atoms with Crippen LogP contribution in [0.25, 0.3) is 0 Å². The highest BCUT2D eigenvalue weighted by atomic mass is 35.5. The summed E-state index contributed by atoms with van der Waals surface area (Å²) in [6, 6.07) is 12.0. The van der Waals surface area contributed by atoms with E-state index in [0.29, 0.717) is 20.6 Å². The van der Waals surface area contributed by atoms with Crippen molar-refractivity contribution in [3.8, 4) is 0 Å². The minimum atomic E-state index is -0.0789. The Balaban J connectivity index is 2.24. The number of benzene rings is 2. The highest BCUT2D eigenvalue weighted by Crippen LogP contribution is 2.22. The lowest BCUT2D eigenvalue weighted by Gasteiger charge is -2.05. The monoisotopic (exact) mass is 298 g/mol. The van der Waals surface area contributed by atoms with Crippen LogP contribution in [0.15, 0.2) is 42.5 Å². The standard InChI is InChI=1S/C14H9Cl3O/c15-10-3-1-2-9(6-10)7-14(18)12-8-11(16)4-5-13(12)17/h1-6,8H,7H2. The Morgan fingerprint density at radius 1 is 0.944 bits per heavy atom. The molecular weight excluding hydrogens is 291 g/mol. The molecule has 0 aliphatic carbocycles. The van der Waals surface area contributed by atoms with Crippen LogP contribution < -0.4 is 0 Å². The molecule has 0 aliphatic heterocycles. The Morgan fingerprint density at radius 3 is 2.39 bits per heavy atom. The molecule has 0 atom stereocenters. The number of ketones is 1. The van der Waals surface area contributed by atoms with Crippen molar-refractivity contribution >= 4 is 40.6 Å². The molecule has 2 aromatic rings. The van der Waals surface area contributed by atoms with Gasteiger partial charge in [0.2, 0.25) is 0 Å². The van der Waals surface area contributed by atoms with E-state index < -0.39 is 0 Å². The molecule has 92 valence electrons. The lowest BCUT2D eigenvalue weighted by Crippen LogP contribution is -2.04. The molecule has 0 heterocycles. The van der Waals surface area contributed by atoms with Crippen LogP contribution in [0.2, 0.25) is 15.1 Å². The van der Waals surface area contributed by atoms with Gasteiger partial charge in [-0.3, -0.25) is 4.79 Å². The van der Waals surface area contributed by atoms with Gasteiger partial charge in [0.15, 0.2) is 5.78 Å². The fraction of sp³-hybridized carbons (Fsp3) is 0.0714. The molecule has 0 aromatic heterocycles. The Kier molecular flexibility index (Phi) is 4.28. The quantitative estimate of drug-likeness (QED) is 0.723. The van der Waals surface area contributed by atoms with Crippen molar-refractivity contribution in [1.29, 1.82) is 0 Å². The molecule has 4 heteroatoms. The van der Waals surface area contributed by atoms with Crippen molar-refractivity contribution in [2.24, 2.45) is 0 Å². The van der Waals surface area contributed by atoms with Gasteiger partial charge in [0.25, 0.3) is 0 Å². The van der Waals surface area contributed by atoms with E-state index in [1.54, 1.807) is 30.3 Å². The zero-order valence-corrected chi connectivity index (χ0v) is 11.6. The summed E-state index contributed by atoms with van der Waals surface area (Å²) in [6.07, 6.45) is 0.251. The summed E-state index contributed by atoms with van der Waals surface area (Å²) in [6.45, 7) is 0. The second kappa shape index (κ2) is 5.75. The molecule has 2 aromatic carbocycles. The van der Waals surface area contributed by atoms with E-state index in [9.17, 15) is 4.79 Å². The Hall–Kier alpha value is -1.02. The van der Waals surface area contributed by atoms with Gasteiger partial charge in [-0.2, -0.15) is 0 Å². The van der Waals surface area contributed by atoms with Gasteiger partial charge in [-0.25, -0.2) is 0 Å². The topological polar surface area (TPSA) is 17.1 Å². The van der Waals surface area contributed by atoms with Crippen molar-refractivity contribution in [3.05, 3.63) is 68.7 Å². The zero-order chi connectivity index (χ0) is 13.1. The molecule has 0 radical (unpaired) electrons. The molecule has 0 N–H and O–H groups in total. The predicted molar refractivity (Wildman–Crippen MR) is 75.9 cm³/mol. The van der Waals surface area contributed by atoms with E-state index in [2.05, 4.69) is 0 Å².